The number of amides is 1. The molecule has 1 amide bonds. The van der Waals surface area contributed by atoms with Crippen molar-refractivity contribution < 1.29 is 14.3 Å². The van der Waals surface area contributed by atoms with Gasteiger partial charge in [0.2, 0.25) is 0 Å². The van der Waals surface area contributed by atoms with E-state index < -0.39 is 6.10 Å². The van der Waals surface area contributed by atoms with Crippen LogP contribution in [0.25, 0.3) is 5.69 Å². The van der Waals surface area contributed by atoms with E-state index in [0.717, 1.165) is 0 Å². The van der Waals surface area contributed by atoms with Crippen LogP contribution in [0.3, 0.4) is 0 Å². The molecule has 0 saturated heterocycles. The van der Waals surface area contributed by atoms with Gasteiger partial charge in [-0.15, -0.1) is 0 Å². The van der Waals surface area contributed by atoms with Crippen molar-refractivity contribution in [2.24, 2.45) is 0 Å². The lowest BCUT2D eigenvalue weighted by atomic mass is 10.2. The van der Waals surface area contributed by atoms with Crippen LogP contribution in [0.2, 0.25) is 0 Å². The third-order valence-corrected chi connectivity index (χ3v) is 3.13. The first-order valence-corrected chi connectivity index (χ1v) is 6.72. The third-order valence-electron chi connectivity index (χ3n) is 3.13. The summed E-state index contributed by atoms with van der Waals surface area (Å²) in [5, 5.41) is 13.4. The monoisotopic (exact) mass is 291 g/mol. The first-order valence-electron chi connectivity index (χ1n) is 6.72. The minimum atomic E-state index is -0.447. The molecule has 0 saturated carbocycles. The minimum Gasteiger partial charge on any atom is -0.393 e. The first kappa shape index (κ1) is 15.2. The Morgan fingerprint density at radius 2 is 2.05 bits per heavy atom. The fraction of sp³-hybridized carbons (Fsp3) is 0.333. The lowest BCUT2D eigenvalue weighted by molar-refractivity contribution is 0.0763. The molecule has 0 spiro atoms. The van der Waals surface area contributed by atoms with E-state index in [1.165, 1.54) is 21.7 Å². The van der Waals surface area contributed by atoms with Gasteiger partial charge in [0.15, 0.2) is 5.69 Å². The predicted octanol–water partition coefficient (Wildman–Crippen LogP) is 1.85. The number of halogens is 1. The van der Waals surface area contributed by atoms with Crippen LogP contribution in [0, 0.1) is 5.82 Å². The van der Waals surface area contributed by atoms with E-state index in [1.807, 2.05) is 0 Å². The Bertz CT molecular complexity index is 608. The zero-order valence-corrected chi connectivity index (χ0v) is 12.0. The van der Waals surface area contributed by atoms with E-state index in [0.29, 0.717) is 24.3 Å². The number of aliphatic hydroxyl groups is 1. The highest BCUT2D eigenvalue weighted by Crippen LogP contribution is 2.10. The molecule has 6 heteroatoms. The average molecular weight is 291 g/mol. The Balaban J connectivity index is 2.08. The smallest absolute Gasteiger partial charge is 0.274 e. The van der Waals surface area contributed by atoms with Gasteiger partial charge in [-0.2, -0.15) is 5.10 Å². The normalized spacial score (nSPS) is 12.2. The fourth-order valence-electron chi connectivity index (χ4n) is 1.85. The van der Waals surface area contributed by atoms with Crippen molar-refractivity contribution in [1.82, 2.24) is 14.7 Å². The van der Waals surface area contributed by atoms with Crippen LogP contribution < -0.4 is 0 Å². The van der Waals surface area contributed by atoms with Gasteiger partial charge in [-0.25, -0.2) is 9.07 Å². The van der Waals surface area contributed by atoms with E-state index in [1.54, 1.807) is 38.4 Å². The summed E-state index contributed by atoms with van der Waals surface area (Å²) in [6.07, 6.45) is 1.72. The second-order valence-electron chi connectivity index (χ2n) is 4.99. The van der Waals surface area contributed by atoms with E-state index in [2.05, 4.69) is 5.10 Å². The van der Waals surface area contributed by atoms with Crippen molar-refractivity contribution in [2.75, 3.05) is 13.6 Å². The summed E-state index contributed by atoms with van der Waals surface area (Å²) < 4.78 is 14.4. The number of hydrogen-bond donors (Lipinski definition) is 1. The van der Waals surface area contributed by atoms with Gasteiger partial charge in [0.1, 0.15) is 5.82 Å². The standard InChI is InChI=1S/C15H18FN3O2/c1-11(20)7-9-18(2)15(21)14-8-10-19(17-14)13-5-3-12(16)4-6-13/h3-6,8,10-11,20H,7,9H2,1-2H3. The summed E-state index contributed by atoms with van der Waals surface area (Å²) in [5.74, 6) is -0.531. The molecule has 1 unspecified atom stereocenters. The minimum absolute atomic E-state index is 0.212. The summed E-state index contributed by atoms with van der Waals surface area (Å²) >= 11 is 0. The molecule has 1 atom stereocenters. The summed E-state index contributed by atoms with van der Waals surface area (Å²) in [6.45, 7) is 2.14. The zero-order valence-electron chi connectivity index (χ0n) is 12.0. The van der Waals surface area contributed by atoms with Crippen molar-refractivity contribution in [3.8, 4) is 5.69 Å². The molecule has 0 radical (unpaired) electrons. The number of aromatic nitrogens is 2. The van der Waals surface area contributed by atoms with E-state index in [-0.39, 0.29) is 11.7 Å². The number of carbonyl (C=O) groups excluding carboxylic acids is 1. The Kier molecular flexibility index (Phi) is 4.70. The summed E-state index contributed by atoms with van der Waals surface area (Å²) in [4.78, 5) is 13.7. The molecular weight excluding hydrogens is 273 g/mol. The number of benzene rings is 1. The van der Waals surface area contributed by atoms with Gasteiger partial charge < -0.3 is 10.0 Å². The number of rotatable bonds is 5. The maximum atomic E-state index is 12.9. The SMILES string of the molecule is CC(O)CCN(C)C(=O)c1ccn(-c2ccc(F)cc2)n1. The first-order chi connectivity index (χ1) is 9.97. The van der Waals surface area contributed by atoms with Gasteiger partial charge in [-0.1, -0.05) is 0 Å². The lowest BCUT2D eigenvalue weighted by Crippen LogP contribution is -2.29. The molecule has 0 aliphatic heterocycles. The highest BCUT2D eigenvalue weighted by Gasteiger charge is 2.15. The lowest BCUT2D eigenvalue weighted by Gasteiger charge is -2.16. The second-order valence-corrected chi connectivity index (χ2v) is 4.99. The van der Waals surface area contributed by atoms with E-state index >= 15 is 0 Å². The molecule has 0 fully saturated rings. The van der Waals surface area contributed by atoms with Gasteiger partial charge in [-0.3, -0.25) is 4.79 Å². The van der Waals surface area contributed by atoms with Crippen molar-refractivity contribution in [3.63, 3.8) is 0 Å². The number of nitrogens with zero attached hydrogens (tertiary/aromatic N) is 3. The van der Waals surface area contributed by atoms with Crippen molar-refractivity contribution >= 4 is 5.91 Å². The summed E-state index contributed by atoms with van der Waals surface area (Å²) in [7, 11) is 1.67. The molecule has 2 aromatic rings. The van der Waals surface area contributed by atoms with Gasteiger partial charge in [-0.05, 0) is 43.7 Å². The summed E-state index contributed by atoms with van der Waals surface area (Å²) in [5.41, 5.74) is 0.995. The van der Waals surface area contributed by atoms with Crippen LogP contribution in [0.4, 0.5) is 4.39 Å². The maximum absolute atomic E-state index is 12.9. The van der Waals surface area contributed by atoms with Gasteiger partial charge in [0.05, 0.1) is 11.8 Å². The fourth-order valence-corrected chi connectivity index (χ4v) is 1.85. The maximum Gasteiger partial charge on any atom is 0.274 e. The van der Waals surface area contributed by atoms with Gasteiger partial charge in [0, 0.05) is 19.8 Å². The van der Waals surface area contributed by atoms with Crippen LogP contribution in [0.1, 0.15) is 23.8 Å². The Labute approximate surface area is 122 Å². The van der Waals surface area contributed by atoms with E-state index in [4.69, 9.17) is 0 Å². The van der Waals surface area contributed by atoms with Crippen molar-refractivity contribution in [3.05, 3.63) is 48.0 Å². The summed E-state index contributed by atoms with van der Waals surface area (Å²) in [6, 6.07) is 7.48. The number of hydrogen-bond acceptors (Lipinski definition) is 3. The van der Waals surface area contributed by atoms with Crippen LogP contribution >= 0.6 is 0 Å². The van der Waals surface area contributed by atoms with Crippen molar-refractivity contribution in [2.45, 2.75) is 19.4 Å². The molecular formula is C15H18FN3O2. The van der Waals surface area contributed by atoms with Crippen LogP contribution in [0.15, 0.2) is 36.5 Å². The molecule has 21 heavy (non-hydrogen) atoms. The largest absolute Gasteiger partial charge is 0.393 e. The van der Waals surface area contributed by atoms with E-state index in [9.17, 15) is 14.3 Å². The van der Waals surface area contributed by atoms with Gasteiger partial charge in [0.25, 0.3) is 5.91 Å². The molecule has 0 aliphatic rings. The second kappa shape index (κ2) is 6.49. The molecule has 1 N–H and O–H groups in total. The Hall–Kier alpha value is -2.21. The molecule has 112 valence electrons. The highest BCUT2D eigenvalue weighted by atomic mass is 19.1. The van der Waals surface area contributed by atoms with Crippen molar-refractivity contribution in [1.29, 1.82) is 0 Å². The zero-order chi connectivity index (χ0) is 15.4. The Morgan fingerprint density at radius 3 is 2.67 bits per heavy atom. The molecule has 5 nitrogen and oxygen atoms in total. The molecule has 1 aromatic heterocycles. The van der Waals surface area contributed by atoms with Crippen LogP contribution in [-0.2, 0) is 0 Å². The van der Waals surface area contributed by atoms with Gasteiger partial charge >= 0.3 is 0 Å². The predicted molar refractivity (Wildman–Crippen MR) is 76.8 cm³/mol. The molecule has 1 aromatic carbocycles. The Morgan fingerprint density at radius 1 is 1.38 bits per heavy atom. The number of carbonyl (C=O) groups is 1. The molecule has 1 heterocycles. The average Bonchev–Trinajstić information content (AvgIpc) is 2.94. The molecule has 0 aliphatic carbocycles. The van der Waals surface area contributed by atoms with Crippen LogP contribution in [0.5, 0.6) is 0 Å². The topological polar surface area (TPSA) is 58.4 Å². The number of aliphatic hydroxyl groups excluding tert-OH is 1. The quantitative estimate of drug-likeness (QED) is 0.914. The third kappa shape index (κ3) is 3.88. The molecule has 2 rings (SSSR count). The highest BCUT2D eigenvalue weighted by molar-refractivity contribution is 5.92. The molecule has 0 bridgehead atoms. The van der Waals surface area contributed by atoms with Crippen LogP contribution in [-0.4, -0.2) is 45.4 Å².